The number of nitrogens with zero attached hydrogens (tertiary/aromatic N) is 2. The molecule has 1 N–H and O–H groups in total. The highest BCUT2D eigenvalue weighted by Crippen LogP contribution is 2.37. The Morgan fingerprint density at radius 3 is 2.50 bits per heavy atom. The van der Waals surface area contributed by atoms with E-state index in [2.05, 4.69) is 5.32 Å². The highest BCUT2D eigenvalue weighted by atomic mass is 35.5. The monoisotopic (exact) mass is 289 g/mol. The molecule has 1 aliphatic rings. The Morgan fingerprint density at radius 1 is 1.44 bits per heavy atom. The minimum absolute atomic E-state index is 0.00171. The molecule has 0 amide bonds. The van der Waals surface area contributed by atoms with Crippen LogP contribution in [0.4, 0.5) is 11.4 Å². The van der Waals surface area contributed by atoms with Gasteiger partial charge in [0.25, 0.3) is 5.69 Å². The van der Waals surface area contributed by atoms with Gasteiger partial charge in [0, 0.05) is 25.7 Å². The van der Waals surface area contributed by atoms with E-state index in [1.165, 1.54) is 6.07 Å². The zero-order chi connectivity index (χ0) is 13.3. The summed E-state index contributed by atoms with van der Waals surface area (Å²) in [6.07, 6.45) is 0. The molecule has 98 valence electrons. The van der Waals surface area contributed by atoms with E-state index >= 15 is 0 Å². The SMILES string of the molecule is CCN(c1cc(Cl)c(Cl)cc1[N+](=O)[O-])C1CNC1. The van der Waals surface area contributed by atoms with Crippen molar-refractivity contribution < 1.29 is 4.92 Å². The molecule has 0 radical (unpaired) electrons. The summed E-state index contributed by atoms with van der Waals surface area (Å²) >= 11 is 11.8. The molecule has 0 unspecified atom stereocenters. The minimum Gasteiger partial charge on any atom is -0.361 e. The van der Waals surface area contributed by atoms with Crippen LogP contribution in [0.5, 0.6) is 0 Å². The maximum absolute atomic E-state index is 11.1. The third-order valence-corrected chi connectivity index (χ3v) is 3.79. The second-order valence-corrected chi connectivity index (χ2v) is 4.92. The minimum atomic E-state index is -0.424. The number of nitro benzene ring substituents is 1. The second-order valence-electron chi connectivity index (χ2n) is 4.11. The number of likely N-dealkylation sites (N-methyl/N-ethyl adjacent to an activating group) is 1. The molecule has 1 aromatic rings. The van der Waals surface area contributed by atoms with E-state index in [1.54, 1.807) is 6.07 Å². The number of anilines is 1. The van der Waals surface area contributed by atoms with Gasteiger partial charge in [-0.3, -0.25) is 10.1 Å². The van der Waals surface area contributed by atoms with E-state index in [0.29, 0.717) is 17.3 Å². The average molecular weight is 290 g/mol. The average Bonchev–Trinajstić information content (AvgIpc) is 2.26. The highest BCUT2D eigenvalue weighted by Gasteiger charge is 2.29. The Hall–Kier alpha value is -1.04. The molecule has 1 saturated heterocycles. The molecule has 1 aliphatic heterocycles. The summed E-state index contributed by atoms with van der Waals surface area (Å²) in [5.41, 5.74) is 0.529. The Balaban J connectivity index is 2.46. The number of nitro groups is 1. The van der Waals surface area contributed by atoms with E-state index < -0.39 is 4.92 Å². The predicted octanol–water partition coefficient (Wildman–Crippen LogP) is 2.70. The summed E-state index contributed by atoms with van der Waals surface area (Å²) in [6, 6.07) is 3.16. The number of hydrogen-bond donors (Lipinski definition) is 1. The van der Waals surface area contributed by atoms with Gasteiger partial charge in [0.05, 0.1) is 21.0 Å². The number of benzene rings is 1. The lowest BCUT2D eigenvalue weighted by atomic mass is 10.1. The number of nitrogens with one attached hydrogen (secondary N) is 1. The molecule has 1 fully saturated rings. The molecule has 5 nitrogen and oxygen atoms in total. The van der Waals surface area contributed by atoms with Gasteiger partial charge in [0.1, 0.15) is 5.69 Å². The summed E-state index contributed by atoms with van der Waals surface area (Å²) in [7, 11) is 0. The van der Waals surface area contributed by atoms with E-state index in [-0.39, 0.29) is 16.8 Å². The number of rotatable bonds is 4. The normalized spacial score (nSPS) is 15.3. The van der Waals surface area contributed by atoms with Gasteiger partial charge in [-0.2, -0.15) is 0 Å². The lowest BCUT2D eigenvalue weighted by Gasteiger charge is -2.38. The molecule has 2 rings (SSSR count). The van der Waals surface area contributed by atoms with Crippen molar-refractivity contribution in [1.29, 1.82) is 0 Å². The topological polar surface area (TPSA) is 58.4 Å². The van der Waals surface area contributed by atoms with Crippen LogP contribution in [0.1, 0.15) is 6.92 Å². The summed E-state index contributed by atoms with van der Waals surface area (Å²) in [6.45, 7) is 4.30. The van der Waals surface area contributed by atoms with Gasteiger partial charge in [0.2, 0.25) is 0 Å². The van der Waals surface area contributed by atoms with Crippen LogP contribution in [-0.4, -0.2) is 30.6 Å². The molecule has 0 aromatic heterocycles. The molecule has 1 heterocycles. The summed E-state index contributed by atoms with van der Waals surface area (Å²) in [5.74, 6) is 0. The molecule has 0 spiro atoms. The van der Waals surface area contributed by atoms with Crippen molar-refractivity contribution in [3.05, 3.63) is 32.3 Å². The van der Waals surface area contributed by atoms with Gasteiger partial charge >= 0.3 is 0 Å². The maximum Gasteiger partial charge on any atom is 0.294 e. The third kappa shape index (κ3) is 2.39. The van der Waals surface area contributed by atoms with Crippen molar-refractivity contribution in [2.75, 3.05) is 24.5 Å². The van der Waals surface area contributed by atoms with Crippen molar-refractivity contribution >= 4 is 34.6 Å². The van der Waals surface area contributed by atoms with Crippen LogP contribution in [-0.2, 0) is 0 Å². The molecule has 0 aliphatic carbocycles. The number of halogens is 2. The first-order valence-corrected chi connectivity index (χ1v) is 6.41. The standard InChI is InChI=1S/C11H13Cl2N3O2/c1-2-15(7-5-14-6-7)10-3-8(12)9(13)4-11(10)16(17)18/h3-4,7,14H,2,5-6H2,1H3. The quantitative estimate of drug-likeness (QED) is 0.684. The Morgan fingerprint density at radius 2 is 2.06 bits per heavy atom. The molecule has 1 aromatic carbocycles. The van der Waals surface area contributed by atoms with E-state index in [4.69, 9.17) is 23.2 Å². The fourth-order valence-electron chi connectivity index (χ4n) is 2.02. The molecular formula is C11H13Cl2N3O2. The largest absolute Gasteiger partial charge is 0.361 e. The van der Waals surface area contributed by atoms with Gasteiger partial charge in [0.15, 0.2) is 0 Å². The van der Waals surface area contributed by atoms with Crippen LogP contribution in [0.25, 0.3) is 0 Å². The van der Waals surface area contributed by atoms with Crippen molar-refractivity contribution in [2.45, 2.75) is 13.0 Å². The van der Waals surface area contributed by atoms with E-state index in [0.717, 1.165) is 13.1 Å². The third-order valence-electron chi connectivity index (χ3n) is 3.06. The fraction of sp³-hybridized carbons (Fsp3) is 0.455. The van der Waals surface area contributed by atoms with Crippen molar-refractivity contribution in [3.8, 4) is 0 Å². The second kappa shape index (κ2) is 5.30. The molecule has 18 heavy (non-hydrogen) atoms. The predicted molar refractivity (Wildman–Crippen MR) is 72.8 cm³/mol. The molecule has 0 bridgehead atoms. The zero-order valence-corrected chi connectivity index (χ0v) is 11.3. The van der Waals surface area contributed by atoms with Crippen LogP contribution >= 0.6 is 23.2 Å². The number of hydrogen-bond acceptors (Lipinski definition) is 4. The fourth-order valence-corrected chi connectivity index (χ4v) is 2.34. The summed E-state index contributed by atoms with van der Waals surface area (Å²) in [5, 5.41) is 14.8. The van der Waals surface area contributed by atoms with Crippen molar-refractivity contribution in [2.24, 2.45) is 0 Å². The van der Waals surface area contributed by atoms with E-state index in [1.807, 2.05) is 11.8 Å². The van der Waals surface area contributed by atoms with Crippen LogP contribution in [0.2, 0.25) is 10.0 Å². The Kier molecular flexibility index (Phi) is 3.94. The smallest absolute Gasteiger partial charge is 0.294 e. The van der Waals surface area contributed by atoms with Gasteiger partial charge < -0.3 is 10.2 Å². The van der Waals surface area contributed by atoms with Crippen LogP contribution in [0.15, 0.2) is 12.1 Å². The van der Waals surface area contributed by atoms with Crippen molar-refractivity contribution in [1.82, 2.24) is 5.32 Å². The molecular weight excluding hydrogens is 277 g/mol. The first kappa shape index (κ1) is 13.4. The molecule has 0 atom stereocenters. The van der Waals surface area contributed by atoms with Gasteiger partial charge in [-0.25, -0.2) is 0 Å². The molecule has 7 heteroatoms. The summed E-state index contributed by atoms with van der Waals surface area (Å²) < 4.78 is 0. The Labute approximate surface area is 115 Å². The molecule has 0 saturated carbocycles. The van der Waals surface area contributed by atoms with Crippen LogP contribution in [0, 0.1) is 10.1 Å². The van der Waals surface area contributed by atoms with Crippen LogP contribution in [0.3, 0.4) is 0 Å². The lowest BCUT2D eigenvalue weighted by molar-refractivity contribution is -0.384. The van der Waals surface area contributed by atoms with E-state index in [9.17, 15) is 10.1 Å². The first-order chi connectivity index (χ1) is 8.54. The maximum atomic E-state index is 11.1. The van der Waals surface area contributed by atoms with Gasteiger partial charge in [-0.15, -0.1) is 0 Å². The first-order valence-electron chi connectivity index (χ1n) is 5.65. The van der Waals surface area contributed by atoms with Crippen LogP contribution < -0.4 is 10.2 Å². The lowest BCUT2D eigenvalue weighted by Crippen LogP contribution is -2.57. The van der Waals surface area contributed by atoms with Gasteiger partial charge in [-0.1, -0.05) is 23.2 Å². The summed E-state index contributed by atoms with van der Waals surface area (Å²) in [4.78, 5) is 12.7. The highest BCUT2D eigenvalue weighted by molar-refractivity contribution is 6.42. The zero-order valence-electron chi connectivity index (χ0n) is 9.82. The van der Waals surface area contributed by atoms with Crippen molar-refractivity contribution in [3.63, 3.8) is 0 Å². The van der Waals surface area contributed by atoms with Gasteiger partial charge in [-0.05, 0) is 13.0 Å². The Bertz CT molecular complexity index is 478.